The van der Waals surface area contributed by atoms with E-state index < -0.39 is 32.9 Å². The normalized spacial score (nSPS) is 10.9. The zero-order valence-electron chi connectivity index (χ0n) is 14.8. The van der Waals surface area contributed by atoms with Gasteiger partial charge in [-0.3, -0.25) is 25.7 Å². The molecule has 0 bridgehead atoms. The number of non-ortho nitro benzene ring substituents is 1. The minimum absolute atomic E-state index is 0.0814. The summed E-state index contributed by atoms with van der Waals surface area (Å²) < 4.78 is 33.3. The number of nitrogens with zero attached hydrogens (tertiary/aromatic N) is 3. The molecule has 4 rings (SSSR count). The average molecular weight is 412 g/mol. The van der Waals surface area contributed by atoms with Crippen LogP contribution in [-0.4, -0.2) is 9.85 Å². The Morgan fingerprint density at radius 3 is 1.97 bits per heavy atom. The second-order valence-electron chi connectivity index (χ2n) is 6.17. The lowest BCUT2D eigenvalue weighted by Gasteiger charge is -2.06. The highest BCUT2D eigenvalue weighted by Crippen LogP contribution is 2.29. The van der Waals surface area contributed by atoms with Crippen molar-refractivity contribution in [3.05, 3.63) is 91.8 Å². The molecular weight excluding hydrogens is 402 g/mol. The van der Waals surface area contributed by atoms with Gasteiger partial charge in [-0.15, -0.1) is 0 Å². The fourth-order valence-corrected chi connectivity index (χ4v) is 2.93. The van der Waals surface area contributed by atoms with Gasteiger partial charge in [0.25, 0.3) is 5.69 Å². The molecule has 30 heavy (non-hydrogen) atoms. The van der Waals surface area contributed by atoms with Gasteiger partial charge in [0.15, 0.2) is 0 Å². The van der Waals surface area contributed by atoms with Crippen LogP contribution in [0.1, 0.15) is 0 Å². The molecule has 0 aliphatic carbocycles. The SMILES string of the molecule is O=[N+]([O-])c1ccc(NN=c2c3cc(F)ccc3oc3ccc(F)cc23)c([N+](=O)[O-])c1. The predicted molar refractivity (Wildman–Crippen MR) is 103 cm³/mol. The van der Waals surface area contributed by atoms with Crippen molar-refractivity contribution in [2.75, 3.05) is 5.43 Å². The highest BCUT2D eigenvalue weighted by molar-refractivity contribution is 5.89. The first-order valence-corrected chi connectivity index (χ1v) is 8.38. The summed E-state index contributed by atoms with van der Waals surface area (Å²) in [4.78, 5) is 20.6. The number of hydrogen-bond acceptors (Lipinski definition) is 7. The molecule has 0 saturated heterocycles. The van der Waals surface area contributed by atoms with Crippen molar-refractivity contribution >= 4 is 39.0 Å². The predicted octanol–water partition coefficient (Wildman–Crippen LogP) is 4.61. The van der Waals surface area contributed by atoms with Gasteiger partial charge in [0.05, 0.1) is 15.9 Å². The Morgan fingerprint density at radius 1 is 0.833 bits per heavy atom. The number of halogens is 2. The molecule has 0 radical (unpaired) electrons. The molecule has 0 aliphatic heterocycles. The van der Waals surface area contributed by atoms with Crippen molar-refractivity contribution in [1.29, 1.82) is 0 Å². The van der Waals surface area contributed by atoms with E-state index in [0.717, 1.165) is 30.3 Å². The zero-order chi connectivity index (χ0) is 21.4. The van der Waals surface area contributed by atoms with E-state index in [9.17, 15) is 29.0 Å². The van der Waals surface area contributed by atoms with Crippen LogP contribution in [0.25, 0.3) is 21.9 Å². The van der Waals surface area contributed by atoms with E-state index in [-0.39, 0.29) is 33.0 Å². The molecule has 0 amide bonds. The smallest absolute Gasteiger partial charge is 0.301 e. The fraction of sp³-hybridized carbons (Fsp3) is 0. The van der Waals surface area contributed by atoms with Crippen LogP contribution in [0.3, 0.4) is 0 Å². The maximum atomic E-state index is 13.8. The maximum Gasteiger partial charge on any atom is 0.301 e. The third kappa shape index (κ3) is 3.39. The van der Waals surface area contributed by atoms with E-state index in [1.165, 1.54) is 24.3 Å². The van der Waals surface area contributed by atoms with Gasteiger partial charge in [0, 0.05) is 16.8 Å². The zero-order valence-corrected chi connectivity index (χ0v) is 14.8. The third-order valence-electron chi connectivity index (χ3n) is 4.29. The molecule has 1 N–H and O–H groups in total. The molecule has 0 atom stereocenters. The minimum Gasteiger partial charge on any atom is -0.456 e. The number of benzene rings is 3. The number of nitro benzene ring substituents is 2. The van der Waals surface area contributed by atoms with Crippen molar-refractivity contribution in [2.45, 2.75) is 0 Å². The molecule has 0 aliphatic rings. The largest absolute Gasteiger partial charge is 0.456 e. The van der Waals surface area contributed by atoms with Crippen LogP contribution in [0.15, 0.2) is 64.1 Å². The molecule has 4 aromatic rings. The average Bonchev–Trinajstić information content (AvgIpc) is 2.71. The Hall–Kier alpha value is -4.41. The van der Waals surface area contributed by atoms with E-state index in [4.69, 9.17) is 4.42 Å². The number of fused-ring (bicyclic) bond motifs is 2. The van der Waals surface area contributed by atoms with Crippen LogP contribution in [0.5, 0.6) is 0 Å². The van der Waals surface area contributed by atoms with Crippen molar-refractivity contribution in [2.24, 2.45) is 5.10 Å². The summed E-state index contributed by atoms with van der Waals surface area (Å²) in [6.07, 6.45) is 0. The first-order valence-electron chi connectivity index (χ1n) is 8.38. The molecule has 9 nitrogen and oxygen atoms in total. The van der Waals surface area contributed by atoms with Gasteiger partial charge in [-0.25, -0.2) is 8.78 Å². The van der Waals surface area contributed by atoms with Crippen molar-refractivity contribution < 1.29 is 23.0 Å². The lowest BCUT2D eigenvalue weighted by molar-refractivity contribution is -0.393. The molecule has 11 heteroatoms. The second-order valence-corrected chi connectivity index (χ2v) is 6.17. The van der Waals surface area contributed by atoms with E-state index >= 15 is 0 Å². The monoisotopic (exact) mass is 412 g/mol. The topological polar surface area (TPSA) is 124 Å². The molecule has 1 aromatic heterocycles. The van der Waals surface area contributed by atoms with Crippen molar-refractivity contribution in [3.63, 3.8) is 0 Å². The van der Waals surface area contributed by atoms with Crippen LogP contribution in [0.2, 0.25) is 0 Å². The van der Waals surface area contributed by atoms with Crippen LogP contribution in [0.4, 0.5) is 25.8 Å². The molecule has 150 valence electrons. The van der Waals surface area contributed by atoms with Crippen LogP contribution in [0, 0.1) is 31.9 Å². The first-order chi connectivity index (χ1) is 14.3. The number of nitro groups is 2. The van der Waals surface area contributed by atoms with E-state index in [0.29, 0.717) is 0 Å². The Bertz CT molecular complexity index is 1350. The number of hydrogen-bond donors (Lipinski definition) is 1. The molecule has 3 aromatic carbocycles. The standard InChI is InChI=1S/C19H10F2N4O5/c20-10-1-5-17-13(7-10)19(14-8-11(21)2-6-18(14)30-17)23-22-15-4-3-12(24(26)27)9-16(15)25(28)29/h1-9,22H. The van der Waals surface area contributed by atoms with Gasteiger partial charge >= 0.3 is 5.69 Å². The van der Waals surface area contributed by atoms with Crippen LogP contribution in [-0.2, 0) is 0 Å². The third-order valence-corrected chi connectivity index (χ3v) is 4.29. The van der Waals surface area contributed by atoms with E-state index in [2.05, 4.69) is 10.5 Å². The van der Waals surface area contributed by atoms with Crippen LogP contribution < -0.4 is 10.8 Å². The van der Waals surface area contributed by atoms with Crippen LogP contribution >= 0.6 is 0 Å². The van der Waals surface area contributed by atoms with Crippen molar-refractivity contribution in [3.8, 4) is 0 Å². The lowest BCUT2D eigenvalue weighted by Crippen LogP contribution is -2.10. The quantitative estimate of drug-likeness (QED) is 0.297. The Labute approximate surface area is 165 Å². The molecule has 0 fully saturated rings. The molecular formula is C19H10F2N4O5. The first kappa shape index (κ1) is 18.9. The van der Waals surface area contributed by atoms with Gasteiger partial charge in [-0.05, 0) is 42.5 Å². The molecule has 0 saturated carbocycles. The highest BCUT2D eigenvalue weighted by atomic mass is 19.1. The van der Waals surface area contributed by atoms with E-state index in [1.807, 2.05) is 0 Å². The fourth-order valence-electron chi connectivity index (χ4n) is 2.93. The molecule has 1 heterocycles. The summed E-state index contributed by atoms with van der Waals surface area (Å²) in [5, 5.41) is 26.8. The van der Waals surface area contributed by atoms with Gasteiger partial charge in [-0.2, -0.15) is 5.10 Å². The van der Waals surface area contributed by atoms with Gasteiger partial charge in [0.1, 0.15) is 33.8 Å². The van der Waals surface area contributed by atoms with Crippen molar-refractivity contribution in [1.82, 2.24) is 0 Å². The van der Waals surface area contributed by atoms with E-state index in [1.54, 1.807) is 0 Å². The summed E-state index contributed by atoms with van der Waals surface area (Å²) in [5.74, 6) is -1.18. The molecule has 0 unspecified atom stereocenters. The van der Waals surface area contributed by atoms with Gasteiger partial charge < -0.3 is 4.42 Å². The highest BCUT2D eigenvalue weighted by Gasteiger charge is 2.19. The van der Waals surface area contributed by atoms with Gasteiger partial charge in [0.2, 0.25) is 0 Å². The van der Waals surface area contributed by atoms with Gasteiger partial charge in [-0.1, -0.05) is 0 Å². The maximum absolute atomic E-state index is 13.8. The summed E-state index contributed by atoms with van der Waals surface area (Å²) in [6, 6.07) is 10.4. The number of nitrogens with one attached hydrogen (secondary N) is 1. The summed E-state index contributed by atoms with van der Waals surface area (Å²) in [6.45, 7) is 0. The number of anilines is 1. The second kappa shape index (κ2) is 7.20. The Morgan fingerprint density at radius 2 is 1.43 bits per heavy atom. The Balaban J connectivity index is 1.96. The minimum atomic E-state index is -0.805. The molecule has 0 spiro atoms. The number of rotatable bonds is 4. The summed E-state index contributed by atoms with van der Waals surface area (Å²) in [5.41, 5.74) is 1.80. The summed E-state index contributed by atoms with van der Waals surface area (Å²) in [7, 11) is 0. The Kier molecular flexibility index (Phi) is 4.54. The summed E-state index contributed by atoms with van der Waals surface area (Å²) >= 11 is 0. The lowest BCUT2D eigenvalue weighted by atomic mass is 10.1.